The summed E-state index contributed by atoms with van der Waals surface area (Å²) in [5.41, 5.74) is 0. The van der Waals surface area contributed by atoms with Crippen LogP contribution in [0.15, 0.2) is 24.3 Å². The van der Waals surface area contributed by atoms with Gasteiger partial charge in [0.1, 0.15) is 12.4 Å². The second-order valence-corrected chi connectivity index (χ2v) is 3.94. The summed E-state index contributed by atoms with van der Waals surface area (Å²) < 4.78 is 10.8. The van der Waals surface area contributed by atoms with Gasteiger partial charge in [-0.3, -0.25) is 0 Å². The molecule has 0 aliphatic heterocycles. The van der Waals surface area contributed by atoms with Gasteiger partial charge in [-0.05, 0) is 24.3 Å². The molecule has 0 saturated carbocycles. The number of benzene rings is 1. The fourth-order valence-corrected chi connectivity index (χ4v) is 1.38. The Balaban J connectivity index is 1.95. The Kier molecular flexibility index (Phi) is 7.75. The topological polar surface area (TPSA) is 55.3 Å². The van der Waals surface area contributed by atoms with Gasteiger partial charge >= 0.3 is 0 Å². The maximum absolute atomic E-state index is 8.55. The molecule has 0 aliphatic rings. The molecule has 96 valence electrons. The summed E-state index contributed by atoms with van der Waals surface area (Å²) in [4.78, 5) is 0. The molecule has 0 bridgehead atoms. The van der Waals surface area contributed by atoms with Crippen molar-refractivity contribution in [3.63, 3.8) is 0 Å². The highest BCUT2D eigenvalue weighted by atomic mass is 35.5. The maximum Gasteiger partial charge on any atom is 0.119 e. The highest BCUT2D eigenvalue weighted by molar-refractivity contribution is 6.30. The predicted molar refractivity (Wildman–Crippen MR) is 66.5 cm³/mol. The Morgan fingerprint density at radius 3 is 2.53 bits per heavy atom. The molecule has 0 aliphatic carbocycles. The van der Waals surface area contributed by atoms with E-state index >= 15 is 0 Å². The SMILES string of the molecule is OCC[NH2+]CCOCCOc1ccc(Cl)cc1. The smallest absolute Gasteiger partial charge is 0.119 e. The van der Waals surface area contributed by atoms with Crippen LogP contribution in [0.25, 0.3) is 0 Å². The Bertz CT molecular complexity index is 292. The second kappa shape index (κ2) is 9.24. The Hall–Kier alpha value is -0.810. The highest BCUT2D eigenvalue weighted by Crippen LogP contribution is 2.15. The van der Waals surface area contributed by atoms with Gasteiger partial charge in [-0.25, -0.2) is 0 Å². The van der Waals surface area contributed by atoms with Crippen molar-refractivity contribution in [1.29, 1.82) is 0 Å². The van der Waals surface area contributed by atoms with Crippen LogP contribution in [0.5, 0.6) is 5.75 Å². The summed E-state index contributed by atoms with van der Waals surface area (Å²) in [5.74, 6) is 0.796. The molecule has 4 nitrogen and oxygen atoms in total. The Labute approximate surface area is 106 Å². The van der Waals surface area contributed by atoms with Crippen molar-refractivity contribution in [2.45, 2.75) is 0 Å². The van der Waals surface area contributed by atoms with Crippen molar-refractivity contribution >= 4 is 11.6 Å². The third-order valence-electron chi connectivity index (χ3n) is 2.11. The van der Waals surface area contributed by atoms with Crippen LogP contribution in [0.2, 0.25) is 5.02 Å². The lowest BCUT2D eigenvalue weighted by Gasteiger charge is -2.06. The Morgan fingerprint density at radius 2 is 1.82 bits per heavy atom. The fraction of sp³-hybridized carbons (Fsp3) is 0.500. The summed E-state index contributed by atoms with van der Waals surface area (Å²) in [5, 5.41) is 11.3. The van der Waals surface area contributed by atoms with Crippen molar-refractivity contribution < 1.29 is 19.9 Å². The van der Waals surface area contributed by atoms with E-state index in [4.69, 9.17) is 26.2 Å². The minimum absolute atomic E-state index is 0.208. The number of rotatable bonds is 9. The molecule has 1 aromatic carbocycles. The molecule has 3 N–H and O–H groups in total. The van der Waals surface area contributed by atoms with Gasteiger partial charge in [0.25, 0.3) is 0 Å². The van der Waals surface area contributed by atoms with Crippen LogP contribution in [-0.4, -0.2) is 44.6 Å². The number of ether oxygens (including phenoxy) is 2. The predicted octanol–water partition coefficient (Wildman–Crippen LogP) is 0.291. The van der Waals surface area contributed by atoms with Gasteiger partial charge in [-0.15, -0.1) is 0 Å². The first-order chi connectivity index (χ1) is 8.33. The van der Waals surface area contributed by atoms with Crippen LogP contribution in [0.1, 0.15) is 0 Å². The summed E-state index contributed by atoms with van der Waals surface area (Å²) in [6.07, 6.45) is 0. The van der Waals surface area contributed by atoms with Gasteiger partial charge in [0.2, 0.25) is 0 Å². The normalized spacial score (nSPS) is 10.5. The van der Waals surface area contributed by atoms with Gasteiger partial charge in [0, 0.05) is 5.02 Å². The Morgan fingerprint density at radius 1 is 1.06 bits per heavy atom. The third kappa shape index (κ3) is 7.18. The summed E-state index contributed by atoms with van der Waals surface area (Å²) in [6.45, 7) is 3.56. The highest BCUT2D eigenvalue weighted by Gasteiger charge is 1.95. The number of hydrogen-bond acceptors (Lipinski definition) is 3. The van der Waals surface area contributed by atoms with E-state index in [1.807, 2.05) is 17.4 Å². The summed E-state index contributed by atoms with van der Waals surface area (Å²) >= 11 is 5.75. The van der Waals surface area contributed by atoms with Crippen molar-refractivity contribution in [1.82, 2.24) is 0 Å². The zero-order valence-electron chi connectivity index (χ0n) is 9.77. The van der Waals surface area contributed by atoms with Crippen LogP contribution >= 0.6 is 11.6 Å². The van der Waals surface area contributed by atoms with Crippen molar-refractivity contribution in [2.24, 2.45) is 0 Å². The average Bonchev–Trinajstić information content (AvgIpc) is 2.35. The van der Waals surface area contributed by atoms with Crippen molar-refractivity contribution in [2.75, 3.05) is 39.5 Å². The quantitative estimate of drug-likeness (QED) is 0.628. The van der Waals surface area contributed by atoms with E-state index in [0.717, 1.165) is 18.8 Å². The average molecular weight is 261 g/mol. The van der Waals surface area contributed by atoms with E-state index in [9.17, 15) is 0 Å². The third-order valence-corrected chi connectivity index (χ3v) is 2.36. The molecule has 5 heteroatoms. The van der Waals surface area contributed by atoms with Crippen LogP contribution < -0.4 is 10.1 Å². The van der Waals surface area contributed by atoms with Crippen LogP contribution in [0.4, 0.5) is 0 Å². The molecule has 0 aromatic heterocycles. The zero-order chi connectivity index (χ0) is 12.3. The van der Waals surface area contributed by atoms with Crippen molar-refractivity contribution in [3.05, 3.63) is 29.3 Å². The number of hydrogen-bond donors (Lipinski definition) is 2. The van der Waals surface area contributed by atoms with Gasteiger partial charge in [0.15, 0.2) is 0 Å². The molecular formula is C12H19ClNO3+. The largest absolute Gasteiger partial charge is 0.491 e. The molecule has 0 atom stereocenters. The molecule has 0 unspecified atom stereocenters. The lowest BCUT2D eigenvalue weighted by molar-refractivity contribution is -0.657. The molecule has 17 heavy (non-hydrogen) atoms. The van der Waals surface area contributed by atoms with E-state index < -0.39 is 0 Å². The van der Waals surface area contributed by atoms with Crippen molar-refractivity contribution in [3.8, 4) is 5.75 Å². The van der Waals surface area contributed by atoms with Gasteiger partial charge in [-0.1, -0.05) is 11.6 Å². The molecular weight excluding hydrogens is 242 g/mol. The van der Waals surface area contributed by atoms with E-state index in [1.165, 1.54) is 0 Å². The van der Waals surface area contributed by atoms with Gasteiger partial charge in [-0.2, -0.15) is 0 Å². The van der Waals surface area contributed by atoms with Crippen LogP contribution in [-0.2, 0) is 4.74 Å². The van der Waals surface area contributed by atoms with E-state index in [0.29, 0.717) is 24.8 Å². The molecule has 0 amide bonds. The molecule has 1 rings (SSSR count). The lowest BCUT2D eigenvalue weighted by atomic mass is 10.3. The number of quaternary nitrogens is 1. The van der Waals surface area contributed by atoms with Gasteiger partial charge in [0.05, 0.1) is 32.9 Å². The van der Waals surface area contributed by atoms with E-state index in [2.05, 4.69) is 0 Å². The fourth-order valence-electron chi connectivity index (χ4n) is 1.25. The van der Waals surface area contributed by atoms with E-state index in [-0.39, 0.29) is 6.61 Å². The maximum atomic E-state index is 8.55. The molecule has 0 radical (unpaired) electrons. The number of aliphatic hydroxyl groups is 1. The first kappa shape index (κ1) is 14.3. The molecule has 1 aromatic rings. The molecule has 0 heterocycles. The standard InChI is InChI=1S/C12H18ClNO3/c13-11-1-3-12(4-2-11)17-10-9-16-8-6-14-5-7-15/h1-4,14-15H,5-10H2/p+1. The number of aliphatic hydroxyl groups excluding tert-OH is 1. The monoisotopic (exact) mass is 260 g/mol. The first-order valence-electron chi connectivity index (χ1n) is 5.71. The minimum atomic E-state index is 0.208. The van der Waals surface area contributed by atoms with Gasteiger partial charge < -0.3 is 19.9 Å². The number of halogens is 1. The number of nitrogens with two attached hydrogens (primary N) is 1. The van der Waals surface area contributed by atoms with Crippen LogP contribution in [0.3, 0.4) is 0 Å². The summed E-state index contributed by atoms with van der Waals surface area (Å²) in [6, 6.07) is 7.25. The van der Waals surface area contributed by atoms with E-state index in [1.54, 1.807) is 12.1 Å². The zero-order valence-corrected chi connectivity index (χ0v) is 10.5. The molecule has 0 fully saturated rings. The molecule has 0 saturated heterocycles. The first-order valence-corrected chi connectivity index (χ1v) is 6.09. The second-order valence-electron chi connectivity index (χ2n) is 3.50. The lowest BCUT2D eigenvalue weighted by Crippen LogP contribution is -2.86. The minimum Gasteiger partial charge on any atom is -0.491 e. The van der Waals surface area contributed by atoms with Crippen LogP contribution in [0, 0.1) is 0 Å². The summed E-state index contributed by atoms with van der Waals surface area (Å²) in [7, 11) is 0. The molecule has 0 spiro atoms.